The number of hydrogen-bond acceptors (Lipinski definition) is 3. The number of carbonyl (C=O) groups is 1. The second-order valence-electron chi connectivity index (χ2n) is 6.50. The highest BCUT2D eigenvalue weighted by atomic mass is 16.6. The van der Waals surface area contributed by atoms with E-state index in [4.69, 9.17) is 4.74 Å². The van der Waals surface area contributed by atoms with E-state index >= 15 is 0 Å². The van der Waals surface area contributed by atoms with Crippen LogP contribution >= 0.6 is 0 Å². The van der Waals surface area contributed by atoms with E-state index in [-0.39, 0.29) is 18.1 Å². The van der Waals surface area contributed by atoms with Crippen LogP contribution in [0.5, 0.6) is 0 Å². The van der Waals surface area contributed by atoms with Crippen molar-refractivity contribution in [2.24, 2.45) is 11.3 Å². The van der Waals surface area contributed by atoms with Gasteiger partial charge in [0.25, 0.3) is 0 Å². The van der Waals surface area contributed by atoms with Crippen LogP contribution in [0.2, 0.25) is 0 Å². The Bertz CT molecular complexity index is 490. The molecule has 114 valence electrons. The summed E-state index contributed by atoms with van der Waals surface area (Å²) in [5, 5.41) is 9.29. The standard InChI is InChI=1S/C17H23NO3/c19-11-15-6-7-17(10-15)8-9-18(13-17)16(20)21-12-14-4-2-1-3-5-14/h1-5,15,19H,6-13H2/t15-,17+/m0/s1. The Morgan fingerprint density at radius 2 is 2.14 bits per heavy atom. The van der Waals surface area contributed by atoms with Crippen LogP contribution in [0.4, 0.5) is 4.79 Å². The van der Waals surface area contributed by atoms with Crippen LogP contribution in [0.1, 0.15) is 31.2 Å². The smallest absolute Gasteiger partial charge is 0.410 e. The van der Waals surface area contributed by atoms with E-state index in [0.29, 0.717) is 12.5 Å². The topological polar surface area (TPSA) is 49.8 Å². The van der Waals surface area contributed by atoms with Crippen LogP contribution in [0.3, 0.4) is 0 Å². The Balaban J connectivity index is 1.51. The van der Waals surface area contributed by atoms with E-state index in [2.05, 4.69) is 0 Å². The predicted octanol–water partition coefficient (Wildman–Crippen LogP) is 2.81. The van der Waals surface area contributed by atoms with E-state index in [9.17, 15) is 9.90 Å². The highest BCUT2D eigenvalue weighted by molar-refractivity contribution is 5.68. The van der Waals surface area contributed by atoms with Gasteiger partial charge in [-0.25, -0.2) is 4.79 Å². The van der Waals surface area contributed by atoms with Gasteiger partial charge >= 0.3 is 6.09 Å². The Morgan fingerprint density at radius 1 is 1.33 bits per heavy atom. The SMILES string of the molecule is O=C(OCc1ccccc1)N1CC[C@@]2(CC[C@H](CO)C2)C1. The van der Waals surface area contributed by atoms with Crippen LogP contribution in [0.15, 0.2) is 30.3 Å². The number of rotatable bonds is 3. The Labute approximate surface area is 125 Å². The molecule has 0 aromatic heterocycles. The summed E-state index contributed by atoms with van der Waals surface area (Å²) in [5.41, 5.74) is 1.25. The van der Waals surface area contributed by atoms with Gasteiger partial charge in [0, 0.05) is 19.7 Å². The first kappa shape index (κ1) is 14.4. The van der Waals surface area contributed by atoms with Gasteiger partial charge in [0.2, 0.25) is 0 Å². The first-order valence-electron chi connectivity index (χ1n) is 7.77. The lowest BCUT2D eigenvalue weighted by atomic mass is 9.84. The number of carbonyl (C=O) groups excluding carboxylic acids is 1. The van der Waals surface area contributed by atoms with Crippen LogP contribution < -0.4 is 0 Å². The molecule has 0 unspecified atom stereocenters. The van der Waals surface area contributed by atoms with E-state index in [0.717, 1.165) is 44.3 Å². The summed E-state index contributed by atoms with van der Waals surface area (Å²) in [6, 6.07) is 9.76. The van der Waals surface area contributed by atoms with Crippen molar-refractivity contribution in [2.45, 2.75) is 32.3 Å². The first-order valence-corrected chi connectivity index (χ1v) is 7.77. The Morgan fingerprint density at radius 3 is 2.86 bits per heavy atom. The summed E-state index contributed by atoms with van der Waals surface area (Å²) in [7, 11) is 0. The lowest BCUT2D eigenvalue weighted by molar-refractivity contribution is 0.0992. The fourth-order valence-corrected chi connectivity index (χ4v) is 3.75. The fourth-order valence-electron chi connectivity index (χ4n) is 3.75. The molecule has 0 bridgehead atoms. The van der Waals surface area contributed by atoms with Gasteiger partial charge in [0.1, 0.15) is 6.61 Å². The zero-order chi connectivity index (χ0) is 14.7. The van der Waals surface area contributed by atoms with Crippen molar-refractivity contribution in [3.05, 3.63) is 35.9 Å². The molecule has 1 amide bonds. The van der Waals surface area contributed by atoms with Gasteiger partial charge in [-0.05, 0) is 42.6 Å². The molecule has 4 heteroatoms. The summed E-state index contributed by atoms with van der Waals surface area (Å²) in [4.78, 5) is 14.0. The third kappa shape index (κ3) is 3.21. The third-order valence-electron chi connectivity index (χ3n) is 4.96. The van der Waals surface area contributed by atoms with Gasteiger partial charge in [0.15, 0.2) is 0 Å². The van der Waals surface area contributed by atoms with Crippen molar-refractivity contribution in [1.29, 1.82) is 0 Å². The maximum Gasteiger partial charge on any atom is 0.410 e. The molecule has 1 aromatic rings. The maximum absolute atomic E-state index is 12.2. The maximum atomic E-state index is 12.2. The Hall–Kier alpha value is -1.55. The van der Waals surface area contributed by atoms with E-state index in [1.807, 2.05) is 35.2 Å². The largest absolute Gasteiger partial charge is 0.445 e. The normalized spacial score (nSPS) is 28.2. The summed E-state index contributed by atoms with van der Waals surface area (Å²) in [6.07, 6.45) is 4.10. The zero-order valence-electron chi connectivity index (χ0n) is 12.3. The molecule has 2 fully saturated rings. The number of likely N-dealkylation sites (tertiary alicyclic amines) is 1. The number of aliphatic hydroxyl groups excluding tert-OH is 1. The Kier molecular flexibility index (Phi) is 4.15. The highest BCUT2D eigenvalue weighted by Gasteiger charge is 2.45. The van der Waals surface area contributed by atoms with Crippen molar-refractivity contribution < 1.29 is 14.6 Å². The minimum Gasteiger partial charge on any atom is -0.445 e. The van der Waals surface area contributed by atoms with Crippen molar-refractivity contribution in [2.75, 3.05) is 19.7 Å². The van der Waals surface area contributed by atoms with E-state index in [1.54, 1.807) is 0 Å². The molecule has 1 heterocycles. The van der Waals surface area contributed by atoms with Crippen LogP contribution in [-0.4, -0.2) is 35.8 Å². The van der Waals surface area contributed by atoms with E-state index < -0.39 is 0 Å². The van der Waals surface area contributed by atoms with Crippen molar-refractivity contribution in [3.63, 3.8) is 0 Å². The van der Waals surface area contributed by atoms with Gasteiger partial charge in [0.05, 0.1) is 0 Å². The zero-order valence-corrected chi connectivity index (χ0v) is 12.3. The monoisotopic (exact) mass is 289 g/mol. The number of amides is 1. The molecule has 1 N–H and O–H groups in total. The van der Waals surface area contributed by atoms with Gasteiger partial charge in [-0.15, -0.1) is 0 Å². The lowest BCUT2D eigenvalue weighted by Gasteiger charge is -2.23. The molecule has 1 spiro atoms. The molecule has 2 aliphatic rings. The molecule has 4 nitrogen and oxygen atoms in total. The van der Waals surface area contributed by atoms with Gasteiger partial charge in [-0.2, -0.15) is 0 Å². The van der Waals surface area contributed by atoms with Gasteiger partial charge < -0.3 is 14.7 Å². The van der Waals surface area contributed by atoms with Gasteiger partial charge in [-0.1, -0.05) is 30.3 Å². The molecule has 3 rings (SSSR count). The number of benzene rings is 1. The lowest BCUT2D eigenvalue weighted by Crippen LogP contribution is -2.31. The second-order valence-corrected chi connectivity index (χ2v) is 6.50. The number of ether oxygens (including phenoxy) is 1. The molecule has 1 aromatic carbocycles. The second kappa shape index (κ2) is 6.06. The third-order valence-corrected chi connectivity index (χ3v) is 4.96. The summed E-state index contributed by atoms with van der Waals surface area (Å²) in [6.45, 7) is 2.19. The molecular weight excluding hydrogens is 266 g/mol. The molecule has 2 atom stereocenters. The van der Waals surface area contributed by atoms with Crippen molar-refractivity contribution >= 4 is 6.09 Å². The van der Waals surface area contributed by atoms with Crippen molar-refractivity contribution in [3.8, 4) is 0 Å². The predicted molar refractivity (Wildman–Crippen MR) is 79.7 cm³/mol. The summed E-state index contributed by atoms with van der Waals surface area (Å²) < 4.78 is 5.41. The molecule has 1 saturated heterocycles. The molecule has 21 heavy (non-hydrogen) atoms. The minimum atomic E-state index is -0.205. The number of nitrogens with zero attached hydrogens (tertiary/aromatic N) is 1. The summed E-state index contributed by atoms with van der Waals surface area (Å²) >= 11 is 0. The van der Waals surface area contributed by atoms with Crippen LogP contribution in [-0.2, 0) is 11.3 Å². The molecular formula is C17H23NO3. The molecule has 0 radical (unpaired) electrons. The van der Waals surface area contributed by atoms with Crippen molar-refractivity contribution in [1.82, 2.24) is 4.90 Å². The average Bonchev–Trinajstić information content (AvgIpc) is 3.13. The first-order chi connectivity index (χ1) is 10.2. The molecule has 1 aliphatic heterocycles. The van der Waals surface area contributed by atoms with Crippen LogP contribution in [0.25, 0.3) is 0 Å². The number of hydrogen-bond donors (Lipinski definition) is 1. The highest BCUT2D eigenvalue weighted by Crippen LogP contribution is 2.47. The number of aliphatic hydroxyl groups is 1. The quantitative estimate of drug-likeness (QED) is 0.931. The van der Waals surface area contributed by atoms with Crippen LogP contribution in [0, 0.1) is 11.3 Å². The van der Waals surface area contributed by atoms with E-state index in [1.165, 1.54) is 0 Å². The van der Waals surface area contributed by atoms with Gasteiger partial charge in [-0.3, -0.25) is 0 Å². The molecule has 1 aliphatic carbocycles. The summed E-state index contributed by atoms with van der Waals surface area (Å²) in [5.74, 6) is 0.422. The molecule has 1 saturated carbocycles. The average molecular weight is 289 g/mol. The fraction of sp³-hybridized carbons (Fsp3) is 0.588. The minimum absolute atomic E-state index is 0.205.